The topological polar surface area (TPSA) is 65.0 Å². The number of hydrogen-bond donors (Lipinski definition) is 2. The summed E-state index contributed by atoms with van der Waals surface area (Å²) in [4.78, 5) is 16.8. The Kier molecular flexibility index (Phi) is 9.17. The number of carboxylic acids is 1. The minimum absolute atomic E-state index is 0.214. The van der Waals surface area contributed by atoms with Gasteiger partial charge in [-0.05, 0) is 95.1 Å². The second kappa shape index (κ2) is 12.1. The van der Waals surface area contributed by atoms with Crippen LogP contribution < -0.4 is 10.1 Å². The maximum atomic E-state index is 12.0. The lowest BCUT2D eigenvalue weighted by Gasteiger charge is -2.40. The summed E-state index contributed by atoms with van der Waals surface area (Å²) in [7, 11) is 0. The molecule has 4 rings (SSSR count). The zero-order valence-corrected chi connectivity index (χ0v) is 20.9. The summed E-state index contributed by atoms with van der Waals surface area (Å²) in [5.41, 5.74) is 0. The van der Waals surface area contributed by atoms with Crippen LogP contribution in [0.25, 0.3) is 0 Å². The first-order valence-corrected chi connectivity index (χ1v) is 13.2. The zero-order chi connectivity index (χ0) is 23.2. The van der Waals surface area contributed by atoms with Gasteiger partial charge in [0.2, 0.25) is 0 Å². The van der Waals surface area contributed by atoms with Gasteiger partial charge in [-0.2, -0.15) is 0 Å². The van der Waals surface area contributed by atoms with Crippen molar-refractivity contribution < 1.29 is 14.6 Å². The molecule has 0 radical (unpaired) electrons. The normalized spacial score (nSPS) is 25.1. The number of rotatable bonds is 8. The van der Waals surface area contributed by atoms with Crippen LogP contribution in [-0.2, 0) is 4.79 Å². The number of likely N-dealkylation sites (tertiary alicyclic amines) is 2. The van der Waals surface area contributed by atoms with Gasteiger partial charge in [0.25, 0.3) is 0 Å². The number of nitrogens with one attached hydrogen (secondary N) is 1. The molecule has 3 heterocycles. The van der Waals surface area contributed by atoms with Gasteiger partial charge < -0.3 is 20.1 Å². The van der Waals surface area contributed by atoms with Crippen LogP contribution in [0.2, 0.25) is 10.0 Å². The summed E-state index contributed by atoms with van der Waals surface area (Å²) >= 11 is 12.1. The van der Waals surface area contributed by atoms with E-state index in [2.05, 4.69) is 15.1 Å². The van der Waals surface area contributed by atoms with Crippen molar-refractivity contribution in [2.24, 2.45) is 11.8 Å². The Morgan fingerprint density at radius 1 is 1.06 bits per heavy atom. The van der Waals surface area contributed by atoms with Crippen LogP contribution in [0.15, 0.2) is 18.2 Å². The van der Waals surface area contributed by atoms with E-state index in [0.717, 1.165) is 96.5 Å². The predicted molar refractivity (Wildman–Crippen MR) is 132 cm³/mol. The molecule has 184 valence electrons. The van der Waals surface area contributed by atoms with E-state index < -0.39 is 5.97 Å². The van der Waals surface area contributed by atoms with Crippen molar-refractivity contribution in [3.63, 3.8) is 0 Å². The maximum absolute atomic E-state index is 12.0. The summed E-state index contributed by atoms with van der Waals surface area (Å²) < 4.78 is 6.12. The third kappa shape index (κ3) is 7.22. The Morgan fingerprint density at radius 2 is 1.82 bits per heavy atom. The fourth-order valence-corrected chi connectivity index (χ4v) is 5.90. The first-order chi connectivity index (χ1) is 16.0. The van der Waals surface area contributed by atoms with E-state index in [4.69, 9.17) is 27.9 Å². The quantitative estimate of drug-likeness (QED) is 0.555. The van der Waals surface area contributed by atoms with Gasteiger partial charge in [-0.15, -0.1) is 0 Å². The molecule has 33 heavy (non-hydrogen) atoms. The highest BCUT2D eigenvalue weighted by atomic mass is 35.5. The van der Waals surface area contributed by atoms with Crippen LogP contribution in [0, 0.1) is 11.8 Å². The molecule has 0 bridgehead atoms. The van der Waals surface area contributed by atoms with Crippen molar-refractivity contribution >= 4 is 29.2 Å². The first kappa shape index (κ1) is 25.1. The Bertz CT molecular complexity index is 774. The molecule has 0 spiro atoms. The number of carboxylic acid groups (broad SMARTS) is 1. The monoisotopic (exact) mass is 497 g/mol. The zero-order valence-electron chi connectivity index (χ0n) is 19.4. The smallest absolute Gasteiger partial charge is 0.320 e. The maximum Gasteiger partial charge on any atom is 0.320 e. The number of carbonyl (C=O) groups is 1. The van der Waals surface area contributed by atoms with Crippen LogP contribution in [0.3, 0.4) is 0 Å². The Morgan fingerprint density at radius 3 is 2.45 bits per heavy atom. The molecule has 2 N–H and O–H groups in total. The third-order valence-electron chi connectivity index (χ3n) is 7.58. The fourth-order valence-electron chi connectivity index (χ4n) is 5.61. The van der Waals surface area contributed by atoms with Gasteiger partial charge in [0.05, 0.1) is 10.0 Å². The molecule has 3 fully saturated rings. The number of benzene rings is 1. The molecule has 3 saturated heterocycles. The molecule has 1 aromatic carbocycles. The first-order valence-electron chi connectivity index (χ1n) is 12.5. The third-order valence-corrected chi connectivity index (χ3v) is 8.31. The molecule has 3 aliphatic heterocycles. The van der Waals surface area contributed by atoms with Crippen molar-refractivity contribution in [1.29, 1.82) is 0 Å². The van der Waals surface area contributed by atoms with Crippen LogP contribution in [-0.4, -0.2) is 78.8 Å². The van der Waals surface area contributed by atoms with E-state index in [1.807, 2.05) is 6.07 Å². The molecule has 3 aliphatic rings. The lowest BCUT2D eigenvalue weighted by Crippen LogP contribution is -2.49. The molecule has 0 aromatic heterocycles. The molecule has 8 heteroatoms. The number of halogens is 2. The summed E-state index contributed by atoms with van der Waals surface area (Å²) in [6.45, 7) is 7.02. The molecule has 1 unspecified atom stereocenters. The minimum Gasteiger partial charge on any atom is -0.490 e. The SMILES string of the molecule is O=C(O)[C@H](CC1CCCNC1)N1CCC(CN2CCC(Oc3ccc(Cl)c(Cl)c3)CC2)CC1. The average molecular weight is 498 g/mol. The number of ether oxygens (including phenoxy) is 1. The van der Waals surface area contributed by atoms with Crippen LogP contribution in [0.5, 0.6) is 5.75 Å². The lowest BCUT2D eigenvalue weighted by molar-refractivity contribution is -0.144. The molecule has 0 aliphatic carbocycles. The molecule has 2 atom stereocenters. The Balaban J connectivity index is 1.17. The Hall–Kier alpha value is -1.05. The van der Waals surface area contributed by atoms with Crippen molar-refractivity contribution in [3.8, 4) is 5.75 Å². The van der Waals surface area contributed by atoms with Crippen molar-refractivity contribution in [3.05, 3.63) is 28.2 Å². The second-order valence-corrected chi connectivity index (χ2v) is 10.8. The number of aliphatic carboxylic acids is 1. The van der Waals surface area contributed by atoms with Crippen molar-refractivity contribution in [1.82, 2.24) is 15.1 Å². The van der Waals surface area contributed by atoms with E-state index >= 15 is 0 Å². The number of hydrogen-bond acceptors (Lipinski definition) is 5. The van der Waals surface area contributed by atoms with E-state index in [1.165, 1.54) is 0 Å². The van der Waals surface area contributed by atoms with Crippen molar-refractivity contribution in [2.75, 3.05) is 45.8 Å². The molecule has 0 saturated carbocycles. The largest absolute Gasteiger partial charge is 0.490 e. The van der Waals surface area contributed by atoms with Gasteiger partial charge in [0, 0.05) is 25.7 Å². The minimum atomic E-state index is -0.650. The summed E-state index contributed by atoms with van der Waals surface area (Å²) in [5, 5.41) is 14.3. The Labute approximate surface area is 207 Å². The van der Waals surface area contributed by atoms with Gasteiger partial charge in [0.15, 0.2) is 0 Å². The summed E-state index contributed by atoms with van der Waals surface area (Å²) in [5.74, 6) is 1.28. The highest BCUT2D eigenvalue weighted by Crippen LogP contribution is 2.29. The van der Waals surface area contributed by atoms with Gasteiger partial charge >= 0.3 is 5.97 Å². The van der Waals surface area contributed by atoms with Gasteiger partial charge in [-0.3, -0.25) is 9.69 Å². The number of nitrogens with zero attached hydrogens (tertiary/aromatic N) is 2. The molecule has 0 amide bonds. The molecule has 1 aromatic rings. The predicted octanol–water partition coefficient (Wildman–Crippen LogP) is 4.39. The second-order valence-electron chi connectivity index (χ2n) is 9.98. The standard InChI is InChI=1S/C25H37Cl2N3O3/c26-22-4-3-21(15-23(22)27)33-20-7-10-29(11-8-20)17-18-5-12-30(13-6-18)24(25(31)32)14-19-2-1-9-28-16-19/h3-4,15,18-20,24,28H,1-2,5-14,16-17H2,(H,31,32)/t19?,24-/m0/s1. The van der Waals surface area contributed by atoms with Crippen LogP contribution in [0.1, 0.15) is 44.9 Å². The van der Waals surface area contributed by atoms with Crippen LogP contribution in [0.4, 0.5) is 0 Å². The van der Waals surface area contributed by atoms with Gasteiger partial charge in [-0.25, -0.2) is 0 Å². The lowest BCUT2D eigenvalue weighted by atomic mass is 9.89. The summed E-state index contributed by atoms with van der Waals surface area (Å²) in [6.07, 6.45) is 7.50. The fraction of sp³-hybridized carbons (Fsp3) is 0.720. The average Bonchev–Trinajstić information content (AvgIpc) is 2.82. The number of piperidine rings is 3. The van der Waals surface area contributed by atoms with E-state index in [-0.39, 0.29) is 12.1 Å². The van der Waals surface area contributed by atoms with Gasteiger partial charge in [-0.1, -0.05) is 23.2 Å². The van der Waals surface area contributed by atoms with E-state index in [0.29, 0.717) is 21.9 Å². The van der Waals surface area contributed by atoms with Crippen molar-refractivity contribution in [2.45, 2.75) is 57.1 Å². The molecule has 6 nitrogen and oxygen atoms in total. The van der Waals surface area contributed by atoms with Crippen LogP contribution >= 0.6 is 23.2 Å². The summed E-state index contributed by atoms with van der Waals surface area (Å²) in [6, 6.07) is 5.12. The highest BCUT2D eigenvalue weighted by molar-refractivity contribution is 6.42. The van der Waals surface area contributed by atoms with Gasteiger partial charge in [0.1, 0.15) is 17.9 Å². The highest BCUT2D eigenvalue weighted by Gasteiger charge is 2.33. The van der Waals surface area contributed by atoms with E-state index in [1.54, 1.807) is 12.1 Å². The van der Waals surface area contributed by atoms with E-state index in [9.17, 15) is 9.90 Å². The molecular weight excluding hydrogens is 461 g/mol. The molecular formula is C25H37Cl2N3O3.